The van der Waals surface area contributed by atoms with Crippen molar-refractivity contribution in [2.75, 3.05) is 12.8 Å². The average Bonchev–Trinajstić information content (AvgIpc) is 2.39. The third kappa shape index (κ3) is 2.66. The van der Waals surface area contributed by atoms with Crippen LogP contribution < -0.4 is 5.73 Å². The molecule has 112 valence electrons. The van der Waals surface area contributed by atoms with E-state index in [0.29, 0.717) is 11.2 Å². The molecule has 4 heteroatoms. The van der Waals surface area contributed by atoms with Crippen LogP contribution in [0.25, 0.3) is 0 Å². The van der Waals surface area contributed by atoms with Gasteiger partial charge in [-0.05, 0) is 44.4 Å². The highest BCUT2D eigenvalue weighted by Gasteiger charge is 2.42. The van der Waals surface area contributed by atoms with E-state index in [0.717, 1.165) is 49.2 Å². The van der Waals surface area contributed by atoms with E-state index in [2.05, 4.69) is 25.8 Å². The molecule has 0 amide bonds. The van der Waals surface area contributed by atoms with E-state index in [1.165, 1.54) is 0 Å². The molecule has 0 saturated heterocycles. The van der Waals surface area contributed by atoms with Crippen molar-refractivity contribution >= 4 is 5.82 Å². The van der Waals surface area contributed by atoms with Gasteiger partial charge in [0.15, 0.2) is 5.82 Å². The molecule has 0 aromatic carbocycles. The number of anilines is 1. The summed E-state index contributed by atoms with van der Waals surface area (Å²) in [7, 11) is 1.76. The van der Waals surface area contributed by atoms with Crippen LogP contribution in [0.1, 0.15) is 63.5 Å². The molecule has 2 rings (SSSR count). The fraction of sp³-hybridized carbons (Fsp3) is 0.750. The Kier molecular flexibility index (Phi) is 4.05. The van der Waals surface area contributed by atoms with Crippen LogP contribution in [0.4, 0.5) is 5.82 Å². The summed E-state index contributed by atoms with van der Waals surface area (Å²) in [6.45, 7) is 8.72. The van der Waals surface area contributed by atoms with E-state index in [9.17, 15) is 0 Å². The summed E-state index contributed by atoms with van der Waals surface area (Å²) in [6, 6.07) is 0. The molecule has 1 aromatic rings. The van der Waals surface area contributed by atoms with Gasteiger partial charge in [-0.2, -0.15) is 0 Å². The molecule has 0 bridgehead atoms. The number of aryl methyl sites for hydroxylation is 1. The second kappa shape index (κ2) is 5.32. The molecule has 1 saturated carbocycles. The van der Waals surface area contributed by atoms with E-state index < -0.39 is 0 Å². The first-order valence-corrected chi connectivity index (χ1v) is 7.52. The number of nitrogens with zero attached hydrogens (tertiary/aromatic N) is 2. The van der Waals surface area contributed by atoms with Gasteiger partial charge >= 0.3 is 0 Å². The fourth-order valence-electron chi connectivity index (χ4n) is 3.11. The van der Waals surface area contributed by atoms with Crippen molar-refractivity contribution in [3.05, 3.63) is 17.1 Å². The zero-order valence-electron chi connectivity index (χ0n) is 13.4. The van der Waals surface area contributed by atoms with Crippen LogP contribution in [0, 0.1) is 12.3 Å². The normalized spacial score (nSPS) is 20.9. The molecule has 0 aliphatic heterocycles. The number of aromatic nitrogens is 2. The van der Waals surface area contributed by atoms with Crippen LogP contribution in [-0.4, -0.2) is 17.1 Å². The lowest BCUT2D eigenvalue weighted by Gasteiger charge is -2.41. The second-order valence-corrected chi connectivity index (χ2v) is 6.71. The lowest BCUT2D eigenvalue weighted by Crippen LogP contribution is -2.38. The summed E-state index contributed by atoms with van der Waals surface area (Å²) < 4.78 is 5.86. The average molecular weight is 277 g/mol. The predicted octanol–water partition coefficient (Wildman–Crippen LogP) is 3.37. The predicted molar refractivity (Wildman–Crippen MR) is 81.5 cm³/mol. The number of hydrogen-bond donors (Lipinski definition) is 1. The first kappa shape index (κ1) is 15.2. The van der Waals surface area contributed by atoms with E-state index in [4.69, 9.17) is 15.5 Å². The molecule has 1 aromatic heterocycles. The van der Waals surface area contributed by atoms with Crippen LogP contribution >= 0.6 is 0 Å². The molecular weight excluding hydrogens is 250 g/mol. The van der Waals surface area contributed by atoms with Gasteiger partial charge in [-0.3, -0.25) is 0 Å². The highest BCUT2D eigenvalue weighted by Crippen LogP contribution is 2.46. The molecular formula is C16H27N3O. The van der Waals surface area contributed by atoms with Crippen molar-refractivity contribution < 1.29 is 4.74 Å². The van der Waals surface area contributed by atoms with E-state index >= 15 is 0 Å². The quantitative estimate of drug-likeness (QED) is 0.920. The lowest BCUT2D eigenvalue weighted by atomic mass is 9.70. The van der Waals surface area contributed by atoms with Gasteiger partial charge in [0, 0.05) is 18.4 Å². The molecule has 1 fully saturated rings. The maximum Gasteiger partial charge on any atom is 0.162 e. The van der Waals surface area contributed by atoms with Crippen molar-refractivity contribution in [1.29, 1.82) is 0 Å². The summed E-state index contributed by atoms with van der Waals surface area (Å²) in [5.41, 5.74) is 8.15. The summed E-state index contributed by atoms with van der Waals surface area (Å²) in [5, 5.41) is 0. The summed E-state index contributed by atoms with van der Waals surface area (Å²) in [5.74, 6) is 1.37. The number of hydrogen-bond acceptors (Lipinski definition) is 4. The molecule has 1 aliphatic carbocycles. The van der Waals surface area contributed by atoms with Gasteiger partial charge in [0.05, 0.1) is 0 Å². The van der Waals surface area contributed by atoms with Crippen LogP contribution in [0.2, 0.25) is 0 Å². The van der Waals surface area contributed by atoms with E-state index in [-0.39, 0.29) is 5.60 Å². The summed E-state index contributed by atoms with van der Waals surface area (Å²) >= 11 is 0. The number of methoxy groups -OCH3 is 1. The smallest absolute Gasteiger partial charge is 0.162 e. The van der Waals surface area contributed by atoms with Gasteiger partial charge in [-0.25, -0.2) is 9.97 Å². The maximum absolute atomic E-state index is 6.10. The number of nitrogens with two attached hydrogens (primary N) is 1. The Morgan fingerprint density at radius 2 is 1.75 bits per heavy atom. The summed E-state index contributed by atoms with van der Waals surface area (Å²) in [4.78, 5) is 9.26. The molecule has 1 heterocycles. The molecule has 0 unspecified atom stereocenters. The van der Waals surface area contributed by atoms with Crippen LogP contribution in [-0.2, 0) is 16.8 Å². The maximum atomic E-state index is 6.10. The van der Waals surface area contributed by atoms with Gasteiger partial charge in [0.1, 0.15) is 11.4 Å². The fourth-order valence-corrected chi connectivity index (χ4v) is 3.11. The Morgan fingerprint density at radius 1 is 1.15 bits per heavy atom. The first-order valence-electron chi connectivity index (χ1n) is 7.52. The van der Waals surface area contributed by atoms with Crippen molar-refractivity contribution in [3.63, 3.8) is 0 Å². The Morgan fingerprint density at radius 3 is 2.20 bits per heavy atom. The molecule has 20 heavy (non-hydrogen) atoms. The Labute approximate surface area is 122 Å². The van der Waals surface area contributed by atoms with Crippen LogP contribution in [0.3, 0.4) is 0 Å². The largest absolute Gasteiger partial charge is 0.383 e. The Balaban J connectivity index is 2.38. The van der Waals surface area contributed by atoms with Crippen LogP contribution in [0.5, 0.6) is 0 Å². The zero-order valence-corrected chi connectivity index (χ0v) is 13.4. The minimum Gasteiger partial charge on any atom is -0.383 e. The highest BCUT2D eigenvalue weighted by molar-refractivity contribution is 5.42. The zero-order chi connectivity index (χ0) is 15.0. The van der Waals surface area contributed by atoms with Gasteiger partial charge in [-0.1, -0.05) is 20.8 Å². The Hall–Kier alpha value is -1.16. The van der Waals surface area contributed by atoms with Gasteiger partial charge in [0.2, 0.25) is 0 Å². The third-order valence-electron chi connectivity index (χ3n) is 4.81. The van der Waals surface area contributed by atoms with E-state index in [1.54, 1.807) is 7.11 Å². The topological polar surface area (TPSA) is 61.0 Å². The number of nitrogen functional groups attached to an aromatic ring is 1. The SMILES string of the molecule is CCc1c(C)nc(C2(OC)CCC(C)(C)CC2)nc1N. The Bertz CT molecular complexity index is 463. The number of ether oxygens (including phenoxy) is 1. The standard InChI is InChI=1S/C16H27N3O/c1-6-12-11(2)18-14(19-13(12)17)16(20-5)9-7-15(3,4)8-10-16/h6-10H2,1-5H3,(H2,17,18,19). The third-order valence-corrected chi connectivity index (χ3v) is 4.81. The minimum atomic E-state index is -0.360. The second-order valence-electron chi connectivity index (χ2n) is 6.71. The van der Waals surface area contributed by atoms with Gasteiger partial charge in [0.25, 0.3) is 0 Å². The van der Waals surface area contributed by atoms with Gasteiger partial charge < -0.3 is 10.5 Å². The molecule has 4 nitrogen and oxygen atoms in total. The van der Waals surface area contributed by atoms with Crippen molar-refractivity contribution in [2.45, 2.75) is 65.4 Å². The number of rotatable bonds is 3. The minimum absolute atomic E-state index is 0.360. The van der Waals surface area contributed by atoms with Crippen molar-refractivity contribution in [2.24, 2.45) is 5.41 Å². The molecule has 0 spiro atoms. The van der Waals surface area contributed by atoms with Crippen molar-refractivity contribution in [1.82, 2.24) is 9.97 Å². The van der Waals surface area contributed by atoms with Crippen LogP contribution in [0.15, 0.2) is 0 Å². The molecule has 0 atom stereocenters. The monoisotopic (exact) mass is 277 g/mol. The molecule has 1 aliphatic rings. The van der Waals surface area contributed by atoms with Gasteiger partial charge in [-0.15, -0.1) is 0 Å². The summed E-state index contributed by atoms with van der Waals surface area (Å²) in [6.07, 6.45) is 5.03. The lowest BCUT2D eigenvalue weighted by molar-refractivity contribution is -0.0729. The first-order chi connectivity index (χ1) is 9.33. The molecule has 0 radical (unpaired) electrons. The highest BCUT2D eigenvalue weighted by atomic mass is 16.5. The van der Waals surface area contributed by atoms with E-state index in [1.807, 2.05) is 6.92 Å². The molecule has 2 N–H and O–H groups in total. The van der Waals surface area contributed by atoms with Crippen molar-refractivity contribution in [3.8, 4) is 0 Å².